The van der Waals surface area contributed by atoms with Crippen LogP contribution in [0.2, 0.25) is 0 Å². The molecule has 1 rings (SSSR count). The Balaban J connectivity index is 2.39. The molecule has 0 aliphatic carbocycles. The molecular formula is C18H29N5O4. The smallest absolute Gasteiger partial charge is 0.326 e. The molecule has 0 fully saturated rings. The van der Waals surface area contributed by atoms with Crippen molar-refractivity contribution in [3.63, 3.8) is 0 Å². The van der Waals surface area contributed by atoms with Gasteiger partial charge in [0.2, 0.25) is 5.91 Å². The summed E-state index contributed by atoms with van der Waals surface area (Å²) in [6.45, 7) is 3.10. The van der Waals surface area contributed by atoms with Gasteiger partial charge in [0.1, 0.15) is 11.8 Å². The van der Waals surface area contributed by atoms with Crippen LogP contribution < -0.4 is 21.7 Å². The maximum Gasteiger partial charge on any atom is 0.326 e. The first kappa shape index (κ1) is 22.2. The van der Waals surface area contributed by atoms with E-state index in [1.54, 1.807) is 12.1 Å². The molecule has 2 atom stereocenters. The summed E-state index contributed by atoms with van der Waals surface area (Å²) in [5.41, 5.74) is 6.64. The number of phenolic OH excluding ortho intramolecular Hbond substituents is 1. The van der Waals surface area contributed by atoms with Crippen molar-refractivity contribution < 1.29 is 19.8 Å². The van der Waals surface area contributed by atoms with E-state index >= 15 is 0 Å². The van der Waals surface area contributed by atoms with Crippen molar-refractivity contribution in [2.45, 2.75) is 44.7 Å². The predicted octanol–water partition coefficient (Wildman–Crippen LogP) is 0.136. The Morgan fingerprint density at radius 2 is 1.85 bits per heavy atom. The average molecular weight is 379 g/mol. The lowest BCUT2D eigenvalue weighted by atomic mass is 10.0. The van der Waals surface area contributed by atoms with Crippen molar-refractivity contribution in [1.82, 2.24) is 16.0 Å². The van der Waals surface area contributed by atoms with Gasteiger partial charge in [0.05, 0.1) is 6.04 Å². The van der Waals surface area contributed by atoms with Crippen molar-refractivity contribution >= 4 is 17.8 Å². The zero-order chi connectivity index (χ0) is 20.2. The molecule has 0 saturated carbocycles. The number of amides is 1. The maximum atomic E-state index is 12.2. The number of unbranched alkanes of at least 4 members (excludes halogenated alkanes) is 1. The highest BCUT2D eigenvalue weighted by atomic mass is 16.4. The van der Waals surface area contributed by atoms with Crippen molar-refractivity contribution in [1.29, 1.82) is 5.41 Å². The second-order valence-electron chi connectivity index (χ2n) is 6.20. The molecule has 0 aliphatic rings. The highest BCUT2D eigenvalue weighted by Gasteiger charge is 2.23. The van der Waals surface area contributed by atoms with E-state index in [1.165, 1.54) is 12.1 Å². The Morgan fingerprint density at radius 1 is 1.19 bits per heavy atom. The third-order valence-corrected chi connectivity index (χ3v) is 3.92. The first-order chi connectivity index (χ1) is 12.8. The molecule has 0 bridgehead atoms. The minimum atomic E-state index is -1.10. The number of guanidine groups is 1. The number of carbonyl (C=O) groups excluding carboxylic acids is 1. The Hall–Kier alpha value is -2.81. The third-order valence-electron chi connectivity index (χ3n) is 3.92. The lowest BCUT2D eigenvalue weighted by Crippen LogP contribution is -2.49. The summed E-state index contributed by atoms with van der Waals surface area (Å²) in [6, 6.07) is 4.45. The molecule has 150 valence electrons. The highest BCUT2D eigenvalue weighted by molar-refractivity contribution is 5.87. The van der Waals surface area contributed by atoms with Gasteiger partial charge in [-0.05, 0) is 50.3 Å². The number of aliphatic carboxylic acids is 1. The van der Waals surface area contributed by atoms with Gasteiger partial charge < -0.3 is 31.9 Å². The largest absolute Gasteiger partial charge is 0.508 e. The summed E-state index contributed by atoms with van der Waals surface area (Å²) in [5, 5.41) is 34.3. The van der Waals surface area contributed by atoms with Crippen LogP contribution >= 0.6 is 0 Å². The highest BCUT2D eigenvalue weighted by Crippen LogP contribution is 2.11. The number of benzene rings is 1. The minimum Gasteiger partial charge on any atom is -0.508 e. The number of hydrogen-bond donors (Lipinski definition) is 7. The van der Waals surface area contributed by atoms with E-state index in [0.717, 1.165) is 5.56 Å². The Labute approximate surface area is 158 Å². The molecule has 9 heteroatoms. The van der Waals surface area contributed by atoms with Gasteiger partial charge in [0.25, 0.3) is 0 Å². The van der Waals surface area contributed by atoms with Crippen LogP contribution in [-0.2, 0) is 16.0 Å². The lowest BCUT2D eigenvalue weighted by Gasteiger charge is -2.18. The van der Waals surface area contributed by atoms with E-state index in [1.807, 2.05) is 6.92 Å². The van der Waals surface area contributed by atoms with Crippen LogP contribution in [0.3, 0.4) is 0 Å². The van der Waals surface area contributed by atoms with E-state index < -0.39 is 24.0 Å². The quantitative estimate of drug-likeness (QED) is 0.163. The zero-order valence-corrected chi connectivity index (χ0v) is 15.5. The fourth-order valence-electron chi connectivity index (χ4n) is 2.44. The Morgan fingerprint density at radius 3 is 2.44 bits per heavy atom. The molecule has 0 radical (unpaired) electrons. The predicted molar refractivity (Wildman–Crippen MR) is 103 cm³/mol. The number of phenols is 1. The van der Waals surface area contributed by atoms with Crippen molar-refractivity contribution in [3.05, 3.63) is 29.8 Å². The monoisotopic (exact) mass is 379 g/mol. The molecule has 8 N–H and O–H groups in total. The van der Waals surface area contributed by atoms with Crippen molar-refractivity contribution in [2.24, 2.45) is 5.73 Å². The van der Waals surface area contributed by atoms with Gasteiger partial charge in [-0.15, -0.1) is 0 Å². The Bertz CT molecular complexity index is 621. The summed E-state index contributed by atoms with van der Waals surface area (Å²) in [4.78, 5) is 23.5. The van der Waals surface area contributed by atoms with Gasteiger partial charge in [-0.3, -0.25) is 10.2 Å². The van der Waals surface area contributed by atoms with Gasteiger partial charge in [0.15, 0.2) is 5.96 Å². The van der Waals surface area contributed by atoms with Crippen LogP contribution in [0, 0.1) is 5.41 Å². The average Bonchev–Trinajstić information content (AvgIpc) is 2.62. The molecule has 1 aromatic carbocycles. The molecule has 1 amide bonds. The number of rotatable bonds is 11. The van der Waals surface area contributed by atoms with Crippen molar-refractivity contribution in [2.75, 3.05) is 13.1 Å². The summed E-state index contributed by atoms with van der Waals surface area (Å²) in [7, 11) is 0. The van der Waals surface area contributed by atoms with E-state index in [2.05, 4.69) is 16.0 Å². The summed E-state index contributed by atoms with van der Waals surface area (Å²) in [5.74, 6) is -1.27. The molecule has 9 nitrogen and oxygen atoms in total. The van der Waals surface area contributed by atoms with E-state index in [4.69, 9.17) is 11.1 Å². The van der Waals surface area contributed by atoms with Crippen LogP contribution in [0.15, 0.2) is 24.3 Å². The SMILES string of the molecule is CCNC(=N)NCCCC[C@@H](NC(=O)[C@@H](N)Cc1ccc(O)cc1)C(=O)O. The fraction of sp³-hybridized carbons (Fsp3) is 0.500. The normalized spacial score (nSPS) is 12.7. The number of nitrogens with two attached hydrogens (primary N) is 1. The Kier molecular flexibility index (Phi) is 9.66. The van der Waals surface area contributed by atoms with Crippen LogP contribution in [0.25, 0.3) is 0 Å². The zero-order valence-electron chi connectivity index (χ0n) is 15.5. The first-order valence-electron chi connectivity index (χ1n) is 8.96. The third kappa shape index (κ3) is 8.91. The van der Waals surface area contributed by atoms with Crippen LogP contribution in [0.4, 0.5) is 0 Å². The van der Waals surface area contributed by atoms with Crippen LogP contribution in [0.1, 0.15) is 31.7 Å². The van der Waals surface area contributed by atoms with E-state index in [-0.39, 0.29) is 24.6 Å². The number of hydrogen-bond acceptors (Lipinski definition) is 5. The van der Waals surface area contributed by atoms with Gasteiger partial charge in [-0.25, -0.2) is 4.79 Å². The molecule has 0 aliphatic heterocycles. The molecule has 1 aromatic rings. The van der Waals surface area contributed by atoms with E-state index in [0.29, 0.717) is 25.9 Å². The number of nitrogens with one attached hydrogen (secondary N) is 4. The molecule has 0 unspecified atom stereocenters. The second kappa shape index (κ2) is 11.7. The fourth-order valence-corrected chi connectivity index (χ4v) is 2.44. The number of carbonyl (C=O) groups is 2. The molecule has 0 aromatic heterocycles. The number of carboxylic acid groups (broad SMARTS) is 1. The topological polar surface area (TPSA) is 161 Å². The molecular weight excluding hydrogens is 350 g/mol. The van der Waals surface area contributed by atoms with Crippen molar-refractivity contribution in [3.8, 4) is 5.75 Å². The van der Waals surface area contributed by atoms with Gasteiger partial charge >= 0.3 is 5.97 Å². The first-order valence-corrected chi connectivity index (χ1v) is 8.96. The van der Waals surface area contributed by atoms with Gasteiger partial charge in [-0.2, -0.15) is 0 Å². The summed E-state index contributed by atoms with van der Waals surface area (Å²) < 4.78 is 0. The maximum absolute atomic E-state index is 12.2. The molecule has 0 saturated heterocycles. The van der Waals surface area contributed by atoms with E-state index in [9.17, 15) is 19.8 Å². The van der Waals surface area contributed by atoms with Crippen LogP contribution in [-0.4, -0.2) is 53.2 Å². The second-order valence-corrected chi connectivity index (χ2v) is 6.20. The molecule has 27 heavy (non-hydrogen) atoms. The lowest BCUT2D eigenvalue weighted by molar-refractivity contribution is -0.142. The van der Waals surface area contributed by atoms with Gasteiger partial charge in [0, 0.05) is 13.1 Å². The standard InChI is InChI=1S/C18H29N5O4/c1-2-21-18(20)22-10-4-3-5-15(17(26)27)23-16(25)14(19)11-12-6-8-13(24)9-7-12/h6-9,14-15,24H,2-5,10-11,19H2,1H3,(H,23,25)(H,26,27)(H3,20,21,22)/t14-,15+/m0/s1. The number of aromatic hydroxyl groups is 1. The minimum absolute atomic E-state index is 0.123. The molecule has 0 heterocycles. The van der Waals surface area contributed by atoms with Crippen LogP contribution in [0.5, 0.6) is 5.75 Å². The summed E-state index contributed by atoms with van der Waals surface area (Å²) in [6.07, 6.45) is 1.78. The van der Waals surface area contributed by atoms with Gasteiger partial charge in [-0.1, -0.05) is 12.1 Å². The summed E-state index contributed by atoms with van der Waals surface area (Å²) >= 11 is 0. The molecule has 0 spiro atoms. The number of carboxylic acids is 1.